The third-order valence-electron chi connectivity index (χ3n) is 2.87. The first kappa shape index (κ1) is 11.1. The quantitative estimate of drug-likeness (QED) is 0.762. The van der Waals surface area contributed by atoms with Crippen LogP contribution in [0.25, 0.3) is 0 Å². The zero-order valence-corrected chi connectivity index (χ0v) is 9.39. The van der Waals surface area contributed by atoms with E-state index in [2.05, 4.69) is 9.88 Å². The molecule has 1 aromatic rings. The molecule has 1 unspecified atom stereocenters. The van der Waals surface area contributed by atoms with Gasteiger partial charge in [0.15, 0.2) is 5.78 Å². The number of aromatic nitrogens is 1. The highest BCUT2D eigenvalue weighted by atomic mass is 16.3. The van der Waals surface area contributed by atoms with Crippen LogP contribution in [0.5, 0.6) is 0 Å². The van der Waals surface area contributed by atoms with Crippen molar-refractivity contribution in [2.75, 3.05) is 18.0 Å². The molecule has 1 fully saturated rings. The summed E-state index contributed by atoms with van der Waals surface area (Å²) >= 11 is 0. The molecule has 86 valence electrons. The lowest BCUT2D eigenvalue weighted by atomic mass is 10.1. The minimum atomic E-state index is -0.249. The molecule has 4 heteroatoms. The Balaban J connectivity index is 2.11. The SMILES string of the molecule is CC(=O)c1ccc(N2CCCC(O)C2)cn1. The lowest BCUT2D eigenvalue weighted by molar-refractivity contribution is 0.101. The minimum Gasteiger partial charge on any atom is -0.391 e. The van der Waals surface area contributed by atoms with Gasteiger partial charge in [0.25, 0.3) is 0 Å². The predicted octanol–water partition coefficient (Wildman–Crippen LogP) is 1.25. The molecule has 0 amide bonds. The molecule has 0 bridgehead atoms. The molecule has 1 N–H and O–H groups in total. The molecule has 0 aromatic carbocycles. The first-order valence-electron chi connectivity index (χ1n) is 5.57. The van der Waals surface area contributed by atoms with Crippen LogP contribution < -0.4 is 4.90 Å². The Hall–Kier alpha value is -1.42. The van der Waals surface area contributed by atoms with Crippen LogP contribution in [-0.4, -0.2) is 35.1 Å². The molecule has 0 aliphatic carbocycles. The summed E-state index contributed by atoms with van der Waals surface area (Å²) in [5, 5.41) is 9.57. The lowest BCUT2D eigenvalue weighted by Gasteiger charge is -2.31. The molecule has 0 radical (unpaired) electrons. The number of anilines is 1. The number of hydrogen-bond acceptors (Lipinski definition) is 4. The molecule has 1 aromatic heterocycles. The van der Waals surface area contributed by atoms with Gasteiger partial charge in [-0.05, 0) is 25.0 Å². The van der Waals surface area contributed by atoms with Crippen molar-refractivity contribution in [2.24, 2.45) is 0 Å². The van der Waals surface area contributed by atoms with Crippen molar-refractivity contribution >= 4 is 11.5 Å². The highest BCUT2D eigenvalue weighted by Crippen LogP contribution is 2.19. The first-order valence-corrected chi connectivity index (χ1v) is 5.57. The summed E-state index contributed by atoms with van der Waals surface area (Å²) in [6, 6.07) is 3.63. The van der Waals surface area contributed by atoms with Crippen LogP contribution in [0.1, 0.15) is 30.3 Å². The van der Waals surface area contributed by atoms with Gasteiger partial charge >= 0.3 is 0 Å². The number of pyridine rings is 1. The maximum atomic E-state index is 11.1. The molecular weight excluding hydrogens is 204 g/mol. The van der Waals surface area contributed by atoms with Gasteiger partial charge in [-0.3, -0.25) is 9.78 Å². The van der Waals surface area contributed by atoms with Crippen molar-refractivity contribution < 1.29 is 9.90 Å². The maximum Gasteiger partial charge on any atom is 0.178 e. The number of hydrogen-bond donors (Lipinski definition) is 1. The maximum absolute atomic E-state index is 11.1. The number of piperidine rings is 1. The van der Waals surface area contributed by atoms with E-state index in [0.29, 0.717) is 12.2 Å². The second-order valence-electron chi connectivity index (χ2n) is 4.20. The van der Waals surface area contributed by atoms with Gasteiger partial charge in [0.1, 0.15) is 5.69 Å². The van der Waals surface area contributed by atoms with Crippen LogP contribution in [0.4, 0.5) is 5.69 Å². The van der Waals surface area contributed by atoms with Crippen molar-refractivity contribution in [3.63, 3.8) is 0 Å². The third-order valence-corrected chi connectivity index (χ3v) is 2.87. The molecular formula is C12H16N2O2. The van der Waals surface area contributed by atoms with E-state index in [0.717, 1.165) is 25.1 Å². The number of aliphatic hydroxyl groups excluding tert-OH is 1. The van der Waals surface area contributed by atoms with Crippen LogP contribution in [0, 0.1) is 0 Å². The minimum absolute atomic E-state index is 0.0229. The number of ketones is 1. The smallest absolute Gasteiger partial charge is 0.178 e. The second-order valence-corrected chi connectivity index (χ2v) is 4.20. The summed E-state index contributed by atoms with van der Waals surface area (Å²) in [5.74, 6) is -0.0229. The van der Waals surface area contributed by atoms with E-state index < -0.39 is 0 Å². The third kappa shape index (κ3) is 2.39. The van der Waals surface area contributed by atoms with Crippen molar-refractivity contribution in [1.82, 2.24) is 4.98 Å². The van der Waals surface area contributed by atoms with Crippen LogP contribution in [0.15, 0.2) is 18.3 Å². The Morgan fingerprint density at radius 1 is 1.56 bits per heavy atom. The number of rotatable bonds is 2. The monoisotopic (exact) mass is 220 g/mol. The van der Waals surface area contributed by atoms with E-state index in [9.17, 15) is 9.90 Å². The number of nitrogens with zero attached hydrogens (tertiary/aromatic N) is 2. The summed E-state index contributed by atoms with van der Waals surface area (Å²) in [6.45, 7) is 3.10. The number of carbonyl (C=O) groups excluding carboxylic acids is 1. The van der Waals surface area contributed by atoms with Gasteiger partial charge in [0, 0.05) is 20.0 Å². The topological polar surface area (TPSA) is 53.4 Å². The molecule has 0 spiro atoms. The van der Waals surface area contributed by atoms with Crippen molar-refractivity contribution in [3.8, 4) is 0 Å². The zero-order chi connectivity index (χ0) is 11.5. The molecule has 2 heterocycles. The van der Waals surface area contributed by atoms with E-state index in [4.69, 9.17) is 0 Å². The highest BCUT2D eigenvalue weighted by molar-refractivity contribution is 5.92. The Kier molecular flexibility index (Phi) is 3.19. The van der Waals surface area contributed by atoms with Gasteiger partial charge < -0.3 is 10.0 Å². The Morgan fingerprint density at radius 2 is 2.38 bits per heavy atom. The molecule has 4 nitrogen and oxygen atoms in total. The van der Waals surface area contributed by atoms with Crippen LogP contribution in [-0.2, 0) is 0 Å². The van der Waals surface area contributed by atoms with Crippen molar-refractivity contribution in [1.29, 1.82) is 0 Å². The van der Waals surface area contributed by atoms with Gasteiger partial charge in [-0.2, -0.15) is 0 Å². The van der Waals surface area contributed by atoms with Crippen molar-refractivity contribution in [2.45, 2.75) is 25.9 Å². The summed E-state index contributed by atoms with van der Waals surface area (Å²) in [4.78, 5) is 17.3. The zero-order valence-electron chi connectivity index (χ0n) is 9.39. The molecule has 1 aliphatic rings. The summed E-state index contributed by atoms with van der Waals surface area (Å²) in [5.41, 5.74) is 1.46. The van der Waals surface area contributed by atoms with E-state index in [1.807, 2.05) is 6.07 Å². The molecule has 16 heavy (non-hydrogen) atoms. The Labute approximate surface area is 94.9 Å². The van der Waals surface area contributed by atoms with Gasteiger partial charge in [0.05, 0.1) is 18.0 Å². The molecule has 0 saturated carbocycles. The Morgan fingerprint density at radius 3 is 2.94 bits per heavy atom. The molecule has 1 atom stereocenters. The van der Waals surface area contributed by atoms with Gasteiger partial charge in [-0.25, -0.2) is 0 Å². The fourth-order valence-electron chi connectivity index (χ4n) is 1.97. The van der Waals surface area contributed by atoms with Crippen LogP contribution >= 0.6 is 0 Å². The summed E-state index contributed by atoms with van der Waals surface area (Å²) in [6.07, 6.45) is 3.32. The summed E-state index contributed by atoms with van der Waals surface area (Å²) < 4.78 is 0. The number of aliphatic hydroxyl groups is 1. The average Bonchev–Trinajstić information content (AvgIpc) is 2.29. The van der Waals surface area contributed by atoms with Gasteiger partial charge in [-0.1, -0.05) is 0 Å². The van der Waals surface area contributed by atoms with E-state index in [1.165, 1.54) is 6.92 Å². The van der Waals surface area contributed by atoms with Gasteiger partial charge in [-0.15, -0.1) is 0 Å². The van der Waals surface area contributed by atoms with Gasteiger partial charge in [0.2, 0.25) is 0 Å². The molecule has 2 rings (SSSR count). The van der Waals surface area contributed by atoms with Crippen LogP contribution in [0.2, 0.25) is 0 Å². The predicted molar refractivity (Wildman–Crippen MR) is 61.7 cm³/mol. The van der Waals surface area contributed by atoms with E-state index in [-0.39, 0.29) is 11.9 Å². The fraction of sp³-hybridized carbons (Fsp3) is 0.500. The first-order chi connectivity index (χ1) is 7.66. The van der Waals surface area contributed by atoms with E-state index >= 15 is 0 Å². The normalized spacial score (nSPS) is 20.9. The lowest BCUT2D eigenvalue weighted by Crippen LogP contribution is -2.38. The average molecular weight is 220 g/mol. The van der Waals surface area contributed by atoms with Crippen molar-refractivity contribution in [3.05, 3.63) is 24.0 Å². The largest absolute Gasteiger partial charge is 0.391 e. The Bertz CT molecular complexity index is 375. The number of Topliss-reactive ketones (excluding diaryl/α,β-unsaturated/α-hetero) is 1. The highest BCUT2D eigenvalue weighted by Gasteiger charge is 2.18. The fourth-order valence-corrected chi connectivity index (χ4v) is 1.97. The summed E-state index contributed by atoms with van der Waals surface area (Å²) in [7, 11) is 0. The molecule has 1 aliphatic heterocycles. The number of carbonyl (C=O) groups is 1. The number of β-amino-alcohol motifs (C(OH)–C–C–N with tert-alkyl or cyclic N) is 1. The van der Waals surface area contributed by atoms with Crippen LogP contribution in [0.3, 0.4) is 0 Å². The second kappa shape index (κ2) is 4.61. The van der Waals surface area contributed by atoms with E-state index in [1.54, 1.807) is 12.3 Å². The molecule has 1 saturated heterocycles. The standard InChI is InChI=1S/C12H16N2O2/c1-9(15)12-5-4-10(7-13-12)14-6-2-3-11(16)8-14/h4-5,7,11,16H,2-3,6,8H2,1H3.